The molecule has 126 valence electrons. The zero-order valence-electron chi connectivity index (χ0n) is 21.3. The largest absolute Gasteiger partial charge is 0.455 e. The van der Waals surface area contributed by atoms with Gasteiger partial charge < -0.3 is 4.42 Å². The van der Waals surface area contributed by atoms with Gasteiger partial charge >= 0.3 is 0 Å². The molecule has 0 N–H and O–H groups in total. The van der Waals surface area contributed by atoms with E-state index in [9.17, 15) is 0 Å². The lowest BCUT2D eigenvalue weighted by Gasteiger charge is -2.11. The molecular weight excluding hydrogens is 308 g/mol. The van der Waals surface area contributed by atoms with Crippen LogP contribution < -0.4 is 4.57 Å². The fourth-order valence-electron chi connectivity index (χ4n) is 3.34. The van der Waals surface area contributed by atoms with Gasteiger partial charge in [-0.2, -0.15) is 0 Å². The molecule has 0 aliphatic heterocycles. The summed E-state index contributed by atoms with van der Waals surface area (Å²) in [6, 6.07) is 10.5. The minimum Gasteiger partial charge on any atom is -0.455 e. The second-order valence-corrected chi connectivity index (χ2v) is 6.26. The number of benzene rings is 1. The predicted octanol–water partition coefficient (Wildman–Crippen LogP) is 5.21. The minimum atomic E-state index is -2.61. The maximum absolute atomic E-state index is 8.69. The Kier molecular flexibility index (Phi) is 2.21. The van der Waals surface area contributed by atoms with E-state index in [1.54, 1.807) is 42.9 Å². The SMILES string of the molecule is [2H]C([2H])([2H])c1ccc(-c2c(C)nc(C([2H])(C)C([2H])([2H])[2H])c3c2oc2ccccc23)[n+](C)c1. The molecule has 4 rings (SSSR count). The summed E-state index contributed by atoms with van der Waals surface area (Å²) in [6.07, 6.45) is 1.54. The van der Waals surface area contributed by atoms with Crippen LogP contribution in [0.5, 0.6) is 0 Å². The van der Waals surface area contributed by atoms with Gasteiger partial charge in [-0.1, -0.05) is 32.0 Å². The Morgan fingerprint density at radius 3 is 2.84 bits per heavy atom. The Balaban J connectivity index is 2.12. The first-order valence-electron chi connectivity index (χ1n) is 11.6. The third kappa shape index (κ3) is 2.42. The van der Waals surface area contributed by atoms with E-state index >= 15 is 0 Å². The highest BCUT2D eigenvalue weighted by atomic mass is 16.3. The van der Waals surface area contributed by atoms with Crippen molar-refractivity contribution >= 4 is 21.9 Å². The van der Waals surface area contributed by atoms with E-state index in [4.69, 9.17) is 14.0 Å². The van der Waals surface area contributed by atoms with Crippen molar-refractivity contribution in [3.8, 4) is 11.3 Å². The van der Waals surface area contributed by atoms with Crippen LogP contribution in [-0.2, 0) is 7.05 Å². The molecule has 1 atom stereocenters. The average molecular weight is 338 g/mol. The molecule has 0 amide bonds. The van der Waals surface area contributed by atoms with Gasteiger partial charge in [0, 0.05) is 26.6 Å². The van der Waals surface area contributed by atoms with Gasteiger partial charge in [0.1, 0.15) is 18.2 Å². The van der Waals surface area contributed by atoms with Crippen LogP contribution >= 0.6 is 0 Å². The van der Waals surface area contributed by atoms with Crippen LogP contribution in [0, 0.1) is 13.8 Å². The van der Waals surface area contributed by atoms with Crippen molar-refractivity contribution in [1.82, 2.24) is 4.98 Å². The number of pyridine rings is 2. The number of rotatable bonds is 2. The molecule has 3 nitrogen and oxygen atoms in total. The molecule has 0 aliphatic carbocycles. The van der Waals surface area contributed by atoms with Crippen molar-refractivity contribution < 1.29 is 18.6 Å². The van der Waals surface area contributed by atoms with Gasteiger partial charge in [0.05, 0.1) is 16.8 Å². The normalized spacial score (nSPS) is 19.2. The lowest BCUT2D eigenvalue weighted by molar-refractivity contribution is -0.660. The highest BCUT2D eigenvalue weighted by molar-refractivity contribution is 6.10. The summed E-state index contributed by atoms with van der Waals surface area (Å²) in [6.45, 7) is -1.77. The Hall–Kier alpha value is -2.68. The van der Waals surface area contributed by atoms with Crippen LogP contribution in [0.15, 0.2) is 47.0 Å². The number of furan rings is 1. The van der Waals surface area contributed by atoms with Gasteiger partial charge in [-0.05, 0) is 31.8 Å². The topological polar surface area (TPSA) is 29.9 Å². The van der Waals surface area contributed by atoms with Gasteiger partial charge in [0.2, 0.25) is 5.69 Å². The van der Waals surface area contributed by atoms with Crippen molar-refractivity contribution in [2.75, 3.05) is 0 Å². The number of hydrogen-bond donors (Lipinski definition) is 0. The molecule has 0 spiro atoms. The smallest absolute Gasteiger partial charge is 0.217 e. The van der Waals surface area contributed by atoms with Crippen LogP contribution in [0.1, 0.15) is 46.2 Å². The molecular formula is C22H23N2O+. The molecule has 1 unspecified atom stereocenters. The van der Waals surface area contributed by atoms with E-state index in [1.807, 2.05) is 18.2 Å². The molecule has 0 bridgehead atoms. The summed E-state index contributed by atoms with van der Waals surface area (Å²) < 4.78 is 63.4. The van der Waals surface area contributed by atoms with Crippen LogP contribution in [0.25, 0.3) is 33.2 Å². The average Bonchev–Trinajstić information content (AvgIpc) is 3.05. The van der Waals surface area contributed by atoms with Crippen molar-refractivity contribution in [2.45, 2.75) is 33.4 Å². The molecule has 3 heteroatoms. The highest BCUT2D eigenvalue weighted by Crippen LogP contribution is 2.39. The molecule has 1 aromatic carbocycles. The monoisotopic (exact) mass is 338 g/mol. The molecule has 25 heavy (non-hydrogen) atoms. The van der Waals surface area contributed by atoms with Gasteiger partial charge in [0.25, 0.3) is 0 Å². The fourth-order valence-corrected chi connectivity index (χ4v) is 3.34. The Morgan fingerprint density at radius 1 is 1.24 bits per heavy atom. The number of aryl methyl sites for hydroxylation is 3. The standard InChI is InChI=1S/C22H23N2O/c1-13(2)21-20-16-8-6-7-9-18(16)25-22(20)19(15(4)23-21)17-11-10-14(3)12-24(17)5/h6-13H,1-5H3/q+1/i1D3,3D3,13D. The molecule has 0 saturated heterocycles. The molecule has 0 aliphatic rings. The number of nitrogens with zero attached hydrogens (tertiary/aromatic N) is 2. The highest BCUT2D eigenvalue weighted by Gasteiger charge is 2.25. The Labute approximate surface area is 157 Å². The van der Waals surface area contributed by atoms with Gasteiger partial charge in [-0.3, -0.25) is 4.98 Å². The van der Waals surface area contributed by atoms with E-state index in [1.165, 1.54) is 6.92 Å². The molecule has 0 saturated carbocycles. The van der Waals surface area contributed by atoms with E-state index in [2.05, 4.69) is 4.98 Å². The van der Waals surface area contributed by atoms with Crippen LogP contribution in [-0.4, -0.2) is 4.98 Å². The molecule has 0 fully saturated rings. The summed E-state index contributed by atoms with van der Waals surface area (Å²) in [5.41, 5.74) is 3.09. The van der Waals surface area contributed by atoms with E-state index in [0.29, 0.717) is 38.9 Å². The van der Waals surface area contributed by atoms with Crippen LogP contribution in [0.2, 0.25) is 0 Å². The van der Waals surface area contributed by atoms with E-state index in [-0.39, 0.29) is 11.3 Å². The summed E-state index contributed by atoms with van der Waals surface area (Å²) in [7, 11) is 1.74. The number of para-hydroxylation sites is 1. The van der Waals surface area contributed by atoms with Crippen molar-refractivity contribution in [3.05, 3.63) is 59.5 Å². The van der Waals surface area contributed by atoms with Crippen molar-refractivity contribution in [1.29, 1.82) is 0 Å². The molecule has 0 radical (unpaired) electrons. The summed E-state index contributed by atoms with van der Waals surface area (Å²) in [4.78, 5) is 4.62. The fraction of sp³-hybridized carbons (Fsp3) is 0.273. The zero-order valence-corrected chi connectivity index (χ0v) is 14.3. The summed E-state index contributed by atoms with van der Waals surface area (Å²) in [5, 5.41) is 1.16. The second-order valence-electron chi connectivity index (χ2n) is 6.26. The second kappa shape index (κ2) is 5.69. The van der Waals surface area contributed by atoms with Crippen molar-refractivity contribution in [2.24, 2.45) is 7.05 Å². The molecule has 4 aromatic rings. The summed E-state index contributed by atoms with van der Waals surface area (Å²) >= 11 is 0. The quantitative estimate of drug-likeness (QED) is 0.469. The zero-order chi connectivity index (χ0) is 23.6. The third-order valence-corrected chi connectivity index (χ3v) is 4.45. The first-order chi connectivity index (χ1) is 14.7. The Morgan fingerprint density at radius 2 is 2.08 bits per heavy atom. The van der Waals surface area contributed by atoms with E-state index in [0.717, 1.165) is 0 Å². The minimum absolute atomic E-state index is 0.125. The Bertz CT molecular complexity index is 1350. The van der Waals surface area contributed by atoms with Crippen LogP contribution in [0.3, 0.4) is 0 Å². The first kappa shape index (κ1) is 9.71. The third-order valence-electron chi connectivity index (χ3n) is 4.45. The van der Waals surface area contributed by atoms with E-state index < -0.39 is 19.6 Å². The van der Waals surface area contributed by atoms with Gasteiger partial charge in [-0.15, -0.1) is 0 Å². The van der Waals surface area contributed by atoms with Gasteiger partial charge in [0.15, 0.2) is 11.8 Å². The number of aromatic nitrogens is 2. The van der Waals surface area contributed by atoms with Crippen molar-refractivity contribution in [3.63, 3.8) is 0 Å². The maximum atomic E-state index is 8.69. The predicted molar refractivity (Wildman–Crippen MR) is 102 cm³/mol. The molecule has 3 heterocycles. The van der Waals surface area contributed by atoms with Gasteiger partial charge in [-0.25, -0.2) is 4.57 Å². The maximum Gasteiger partial charge on any atom is 0.217 e. The number of fused-ring (bicyclic) bond motifs is 3. The first-order valence-corrected chi connectivity index (χ1v) is 8.06. The summed E-state index contributed by atoms with van der Waals surface area (Å²) in [5.74, 6) is -1.96. The lowest BCUT2D eigenvalue weighted by atomic mass is 9.98. The van der Waals surface area contributed by atoms with Crippen LogP contribution in [0.4, 0.5) is 0 Å². The molecule has 3 aromatic heterocycles. The number of hydrogen-bond acceptors (Lipinski definition) is 2. The lowest BCUT2D eigenvalue weighted by Crippen LogP contribution is -2.31.